The van der Waals surface area contributed by atoms with E-state index in [0.717, 1.165) is 0 Å². The summed E-state index contributed by atoms with van der Waals surface area (Å²) in [4.78, 5) is 10.6. The second-order valence-electron chi connectivity index (χ2n) is 2.99. The van der Waals surface area contributed by atoms with Crippen molar-refractivity contribution in [2.45, 2.75) is 0 Å². The van der Waals surface area contributed by atoms with Crippen molar-refractivity contribution >= 4 is 5.97 Å². The van der Waals surface area contributed by atoms with E-state index in [1.165, 1.54) is 12.1 Å². The zero-order chi connectivity index (χ0) is 11.4. The molecule has 0 amide bonds. The molecule has 0 saturated carbocycles. The highest BCUT2D eigenvalue weighted by Gasteiger charge is 2.03. The van der Waals surface area contributed by atoms with Gasteiger partial charge in [0.25, 0.3) is 0 Å². The number of ether oxygens (including phenoxy) is 1. The molecule has 0 fully saturated rings. The Kier molecular flexibility index (Phi) is 2.77. The Balaban J connectivity index is 2.14. The third kappa shape index (κ3) is 2.33. The van der Waals surface area contributed by atoms with E-state index in [2.05, 4.69) is 10.2 Å². The molecule has 80 valence electrons. The lowest BCUT2D eigenvalue weighted by atomic mass is 10.2. The minimum atomic E-state index is -0.967. The highest BCUT2D eigenvalue weighted by atomic mass is 16.5. The number of hydrogen-bond acceptors (Lipinski definition) is 4. The number of carboxylic acids is 1. The number of carbonyl (C=O) groups is 1. The van der Waals surface area contributed by atoms with Crippen molar-refractivity contribution in [1.29, 1.82) is 0 Å². The van der Waals surface area contributed by atoms with Gasteiger partial charge in [-0.1, -0.05) is 0 Å². The fraction of sp³-hybridized carbons (Fsp3) is 0. The summed E-state index contributed by atoms with van der Waals surface area (Å²) in [6.45, 7) is 0. The first-order chi connectivity index (χ1) is 7.75. The van der Waals surface area contributed by atoms with Gasteiger partial charge in [0.2, 0.25) is 5.88 Å². The molecule has 0 radical (unpaired) electrons. The number of aromatic carboxylic acids is 1. The number of aromatic nitrogens is 2. The molecule has 0 saturated heterocycles. The number of nitrogens with zero attached hydrogens (tertiary/aromatic N) is 2. The van der Waals surface area contributed by atoms with E-state index >= 15 is 0 Å². The zero-order valence-electron chi connectivity index (χ0n) is 8.20. The van der Waals surface area contributed by atoms with Gasteiger partial charge < -0.3 is 9.84 Å². The standard InChI is InChI=1S/C11H8N2O3/c14-11(15)8-3-5-9(6-4-8)16-10-2-1-7-12-13-10/h1-7H,(H,14,15). The van der Waals surface area contributed by atoms with Crippen LogP contribution in [0.2, 0.25) is 0 Å². The molecule has 0 aliphatic heterocycles. The first-order valence-electron chi connectivity index (χ1n) is 4.54. The highest BCUT2D eigenvalue weighted by molar-refractivity contribution is 5.87. The Morgan fingerprint density at radius 1 is 1.19 bits per heavy atom. The fourth-order valence-corrected chi connectivity index (χ4v) is 1.13. The van der Waals surface area contributed by atoms with Crippen LogP contribution in [0, 0.1) is 0 Å². The molecule has 16 heavy (non-hydrogen) atoms. The maximum Gasteiger partial charge on any atom is 0.335 e. The van der Waals surface area contributed by atoms with Crippen LogP contribution in [0.3, 0.4) is 0 Å². The lowest BCUT2D eigenvalue weighted by Gasteiger charge is -2.03. The minimum Gasteiger partial charge on any atom is -0.478 e. The second-order valence-corrected chi connectivity index (χ2v) is 2.99. The Labute approximate surface area is 91.3 Å². The Bertz CT molecular complexity index is 482. The lowest BCUT2D eigenvalue weighted by Crippen LogP contribution is -1.95. The largest absolute Gasteiger partial charge is 0.478 e. The smallest absolute Gasteiger partial charge is 0.335 e. The van der Waals surface area contributed by atoms with Crippen molar-refractivity contribution < 1.29 is 14.6 Å². The average molecular weight is 216 g/mol. The predicted molar refractivity (Wildman–Crippen MR) is 55.5 cm³/mol. The van der Waals surface area contributed by atoms with Crippen molar-refractivity contribution in [1.82, 2.24) is 10.2 Å². The van der Waals surface area contributed by atoms with Gasteiger partial charge in [-0.15, -0.1) is 5.10 Å². The SMILES string of the molecule is O=C(O)c1ccc(Oc2cccnn2)cc1. The van der Waals surface area contributed by atoms with Gasteiger partial charge in [-0.25, -0.2) is 4.79 Å². The van der Waals surface area contributed by atoms with E-state index in [-0.39, 0.29) is 5.56 Å². The Morgan fingerprint density at radius 3 is 2.50 bits per heavy atom. The van der Waals surface area contributed by atoms with Crippen LogP contribution in [0.5, 0.6) is 11.6 Å². The van der Waals surface area contributed by atoms with Gasteiger partial charge in [0, 0.05) is 12.3 Å². The maximum atomic E-state index is 10.6. The van der Waals surface area contributed by atoms with Crippen LogP contribution in [0.4, 0.5) is 0 Å². The van der Waals surface area contributed by atoms with Crippen molar-refractivity contribution in [3.05, 3.63) is 48.2 Å². The summed E-state index contributed by atoms with van der Waals surface area (Å²) >= 11 is 0. The number of carboxylic acid groups (broad SMARTS) is 1. The molecule has 5 nitrogen and oxygen atoms in total. The number of benzene rings is 1. The summed E-state index contributed by atoms with van der Waals surface area (Å²) in [5.74, 6) is -0.0814. The highest BCUT2D eigenvalue weighted by Crippen LogP contribution is 2.18. The van der Waals surface area contributed by atoms with Gasteiger partial charge in [0.05, 0.1) is 5.56 Å². The predicted octanol–water partition coefficient (Wildman–Crippen LogP) is 1.97. The molecular formula is C11H8N2O3. The van der Waals surface area contributed by atoms with Gasteiger partial charge >= 0.3 is 5.97 Å². The molecule has 2 aromatic rings. The van der Waals surface area contributed by atoms with Crippen LogP contribution in [-0.2, 0) is 0 Å². The van der Waals surface area contributed by atoms with Crippen LogP contribution in [-0.4, -0.2) is 21.3 Å². The first-order valence-corrected chi connectivity index (χ1v) is 4.54. The normalized spacial score (nSPS) is 9.75. The summed E-state index contributed by atoms with van der Waals surface area (Å²) in [5, 5.41) is 16.1. The summed E-state index contributed by atoms with van der Waals surface area (Å²) in [6.07, 6.45) is 1.54. The molecule has 0 aliphatic carbocycles. The second kappa shape index (κ2) is 4.39. The van der Waals surface area contributed by atoms with Crippen LogP contribution in [0.25, 0.3) is 0 Å². The monoisotopic (exact) mass is 216 g/mol. The van der Waals surface area contributed by atoms with Gasteiger partial charge in [0.15, 0.2) is 0 Å². The Hall–Kier alpha value is -2.43. The van der Waals surface area contributed by atoms with E-state index in [4.69, 9.17) is 9.84 Å². The van der Waals surface area contributed by atoms with Gasteiger partial charge in [-0.3, -0.25) is 0 Å². The van der Waals surface area contributed by atoms with Gasteiger partial charge in [0.1, 0.15) is 5.75 Å². The summed E-state index contributed by atoms with van der Waals surface area (Å²) in [5.41, 5.74) is 0.214. The molecule has 1 heterocycles. The van der Waals surface area contributed by atoms with Crippen molar-refractivity contribution in [2.24, 2.45) is 0 Å². The van der Waals surface area contributed by atoms with E-state index < -0.39 is 5.97 Å². The average Bonchev–Trinajstić information content (AvgIpc) is 2.31. The van der Waals surface area contributed by atoms with Crippen LogP contribution < -0.4 is 4.74 Å². The van der Waals surface area contributed by atoms with Crippen molar-refractivity contribution in [3.63, 3.8) is 0 Å². The summed E-state index contributed by atoms with van der Waals surface area (Å²) in [6, 6.07) is 9.43. The van der Waals surface area contributed by atoms with Crippen LogP contribution in [0.1, 0.15) is 10.4 Å². The third-order valence-electron chi connectivity index (χ3n) is 1.87. The van der Waals surface area contributed by atoms with E-state index in [1.54, 1.807) is 30.5 Å². The molecule has 0 atom stereocenters. The van der Waals surface area contributed by atoms with Gasteiger partial charge in [-0.05, 0) is 30.3 Å². The maximum absolute atomic E-state index is 10.6. The summed E-state index contributed by atoms with van der Waals surface area (Å²) < 4.78 is 5.35. The van der Waals surface area contributed by atoms with E-state index in [1.807, 2.05) is 0 Å². The zero-order valence-corrected chi connectivity index (χ0v) is 8.20. The molecule has 0 spiro atoms. The molecule has 1 N–H and O–H groups in total. The quantitative estimate of drug-likeness (QED) is 0.849. The summed E-state index contributed by atoms with van der Waals surface area (Å²) in [7, 11) is 0. The van der Waals surface area contributed by atoms with E-state index in [0.29, 0.717) is 11.6 Å². The molecule has 5 heteroatoms. The lowest BCUT2D eigenvalue weighted by molar-refractivity contribution is 0.0697. The first kappa shape index (κ1) is 10.1. The fourth-order valence-electron chi connectivity index (χ4n) is 1.13. The molecule has 1 aromatic heterocycles. The molecule has 0 unspecified atom stereocenters. The third-order valence-corrected chi connectivity index (χ3v) is 1.87. The molecular weight excluding hydrogens is 208 g/mol. The molecule has 0 aliphatic rings. The number of rotatable bonds is 3. The van der Waals surface area contributed by atoms with Crippen LogP contribution >= 0.6 is 0 Å². The molecule has 2 rings (SSSR count). The van der Waals surface area contributed by atoms with Crippen LogP contribution in [0.15, 0.2) is 42.6 Å². The Morgan fingerprint density at radius 2 is 1.94 bits per heavy atom. The van der Waals surface area contributed by atoms with Gasteiger partial charge in [-0.2, -0.15) is 5.10 Å². The molecule has 1 aromatic carbocycles. The molecule has 0 bridgehead atoms. The number of hydrogen-bond donors (Lipinski definition) is 1. The van der Waals surface area contributed by atoms with Crippen molar-refractivity contribution in [2.75, 3.05) is 0 Å². The van der Waals surface area contributed by atoms with Crippen molar-refractivity contribution in [3.8, 4) is 11.6 Å². The van der Waals surface area contributed by atoms with E-state index in [9.17, 15) is 4.79 Å². The minimum absolute atomic E-state index is 0.214. The topological polar surface area (TPSA) is 72.3 Å².